The third-order valence-electron chi connectivity index (χ3n) is 3.42. The van der Waals surface area contributed by atoms with Gasteiger partial charge < -0.3 is 25.5 Å². The number of aliphatic carboxylic acids is 2. The average molecular weight is 338 g/mol. The molecule has 0 radical (unpaired) electrons. The van der Waals surface area contributed by atoms with Gasteiger partial charge in [-0.1, -0.05) is 30.3 Å². The van der Waals surface area contributed by atoms with Crippen molar-refractivity contribution in [2.75, 3.05) is 6.54 Å². The molecule has 132 valence electrons. The number of hydrogen-bond donors (Lipinski definition) is 4. The first kappa shape index (κ1) is 19.4. The number of urea groups is 1. The third-order valence-corrected chi connectivity index (χ3v) is 3.42. The van der Waals surface area contributed by atoms with Crippen LogP contribution in [0.1, 0.15) is 19.4 Å². The summed E-state index contributed by atoms with van der Waals surface area (Å²) in [6.07, 6.45) is -1.65. The molecule has 1 rings (SSSR count). The summed E-state index contributed by atoms with van der Waals surface area (Å²) in [6, 6.07) is 6.50. The summed E-state index contributed by atoms with van der Waals surface area (Å²) in [7, 11) is 0. The zero-order valence-electron chi connectivity index (χ0n) is 13.5. The van der Waals surface area contributed by atoms with Crippen LogP contribution in [0, 0.1) is 0 Å². The lowest BCUT2D eigenvalue weighted by Gasteiger charge is -2.29. The highest BCUT2D eigenvalue weighted by Crippen LogP contribution is 2.06. The van der Waals surface area contributed by atoms with Gasteiger partial charge in [0.25, 0.3) is 0 Å². The van der Waals surface area contributed by atoms with E-state index in [2.05, 4.69) is 5.32 Å². The molecule has 0 spiro atoms. The first-order valence-corrected chi connectivity index (χ1v) is 7.47. The van der Waals surface area contributed by atoms with Crippen LogP contribution >= 0.6 is 0 Å². The highest BCUT2D eigenvalue weighted by Gasteiger charge is 2.28. The van der Waals surface area contributed by atoms with Crippen LogP contribution in [0.15, 0.2) is 30.3 Å². The van der Waals surface area contributed by atoms with E-state index < -0.39 is 42.7 Å². The molecule has 2 atom stereocenters. The minimum absolute atomic E-state index is 0.0926. The van der Waals surface area contributed by atoms with Crippen LogP contribution in [0.2, 0.25) is 0 Å². The Bertz CT molecular complexity index is 575. The van der Waals surface area contributed by atoms with E-state index in [1.807, 2.05) is 0 Å². The predicted octanol–water partition coefficient (Wildman–Crippen LogP) is 0.548. The molecule has 0 saturated heterocycles. The minimum atomic E-state index is -1.74. The number of carboxylic acids is 2. The molecular weight excluding hydrogens is 316 g/mol. The van der Waals surface area contributed by atoms with E-state index in [0.717, 1.165) is 10.5 Å². The van der Waals surface area contributed by atoms with Gasteiger partial charge >= 0.3 is 18.0 Å². The van der Waals surface area contributed by atoms with Crippen LogP contribution in [0.5, 0.6) is 0 Å². The van der Waals surface area contributed by atoms with Crippen LogP contribution in [0.3, 0.4) is 0 Å². The number of amides is 2. The van der Waals surface area contributed by atoms with Gasteiger partial charge in [0.15, 0.2) is 6.10 Å². The molecule has 1 aromatic carbocycles. The van der Waals surface area contributed by atoms with Crippen molar-refractivity contribution in [2.24, 2.45) is 0 Å². The van der Waals surface area contributed by atoms with E-state index >= 15 is 0 Å². The number of nitrogens with one attached hydrogen (secondary N) is 1. The summed E-state index contributed by atoms with van der Waals surface area (Å²) in [5.74, 6) is -2.65. The van der Waals surface area contributed by atoms with Gasteiger partial charge in [0.05, 0.1) is 6.54 Å². The van der Waals surface area contributed by atoms with Gasteiger partial charge in [0.1, 0.15) is 6.04 Å². The summed E-state index contributed by atoms with van der Waals surface area (Å²) >= 11 is 0. The smallest absolute Gasteiger partial charge is 0.334 e. The second kappa shape index (κ2) is 8.88. The maximum absolute atomic E-state index is 12.3. The first-order valence-electron chi connectivity index (χ1n) is 7.47. The van der Waals surface area contributed by atoms with Crippen LogP contribution in [0.4, 0.5) is 4.79 Å². The molecule has 0 aliphatic heterocycles. The van der Waals surface area contributed by atoms with E-state index in [1.165, 1.54) is 0 Å². The standard InChI is InChI=1S/C16H22N2O6/c1-10(2)18(9-13(19)15(22)23)16(24)17-12(14(20)21)8-11-6-4-3-5-7-11/h3-7,10,12-13,19H,8-9H2,1-2H3,(H,17,24)(H,20,21)(H,22,23)/t12-,13?/m0/s1. The highest BCUT2D eigenvalue weighted by atomic mass is 16.4. The summed E-state index contributed by atoms with van der Waals surface area (Å²) < 4.78 is 0. The molecule has 0 aliphatic rings. The molecule has 1 unspecified atom stereocenters. The van der Waals surface area contributed by atoms with Crippen molar-refractivity contribution in [3.05, 3.63) is 35.9 Å². The predicted molar refractivity (Wildman–Crippen MR) is 85.6 cm³/mol. The monoisotopic (exact) mass is 338 g/mol. The van der Waals surface area contributed by atoms with Crippen molar-refractivity contribution >= 4 is 18.0 Å². The molecule has 8 heteroatoms. The lowest BCUT2D eigenvalue weighted by Crippen LogP contribution is -2.53. The van der Waals surface area contributed by atoms with Gasteiger partial charge in [-0.05, 0) is 19.4 Å². The van der Waals surface area contributed by atoms with Gasteiger partial charge in [-0.15, -0.1) is 0 Å². The van der Waals surface area contributed by atoms with Gasteiger partial charge in [0.2, 0.25) is 0 Å². The number of nitrogens with zero attached hydrogens (tertiary/aromatic N) is 1. The van der Waals surface area contributed by atoms with Crippen LogP contribution in [-0.4, -0.2) is 62.9 Å². The Hall–Kier alpha value is -2.61. The fourth-order valence-corrected chi connectivity index (χ4v) is 2.07. The Labute approximate surface area is 139 Å². The molecule has 0 aliphatic carbocycles. The molecule has 0 aromatic heterocycles. The van der Waals surface area contributed by atoms with Gasteiger partial charge in [-0.25, -0.2) is 14.4 Å². The maximum Gasteiger partial charge on any atom is 0.334 e. The van der Waals surface area contributed by atoms with Gasteiger partial charge in [-0.3, -0.25) is 0 Å². The first-order chi connectivity index (χ1) is 11.2. The fraction of sp³-hybridized carbons (Fsp3) is 0.438. The van der Waals surface area contributed by atoms with E-state index in [4.69, 9.17) is 5.11 Å². The van der Waals surface area contributed by atoms with Crippen LogP contribution in [-0.2, 0) is 16.0 Å². The Kier molecular flexibility index (Phi) is 7.19. The zero-order valence-corrected chi connectivity index (χ0v) is 13.5. The summed E-state index contributed by atoms with van der Waals surface area (Å²) in [6.45, 7) is 2.85. The Morgan fingerprint density at radius 2 is 1.67 bits per heavy atom. The Balaban J connectivity index is 2.81. The topological polar surface area (TPSA) is 127 Å². The number of carbonyl (C=O) groups excluding carboxylic acids is 1. The molecule has 0 heterocycles. The molecule has 0 saturated carbocycles. The Morgan fingerprint density at radius 1 is 1.08 bits per heavy atom. The molecule has 0 fully saturated rings. The lowest BCUT2D eigenvalue weighted by molar-refractivity contribution is -0.147. The third kappa shape index (κ3) is 5.88. The van der Waals surface area contributed by atoms with Crippen molar-refractivity contribution in [2.45, 2.75) is 38.5 Å². The molecule has 8 nitrogen and oxygen atoms in total. The van der Waals surface area contributed by atoms with Gasteiger partial charge in [-0.2, -0.15) is 0 Å². The lowest BCUT2D eigenvalue weighted by atomic mass is 10.1. The molecule has 2 amide bonds. The van der Waals surface area contributed by atoms with Crippen molar-refractivity contribution in [3.63, 3.8) is 0 Å². The summed E-state index contributed by atoms with van der Waals surface area (Å²) in [4.78, 5) is 35.5. The maximum atomic E-state index is 12.3. The number of rotatable bonds is 8. The summed E-state index contributed by atoms with van der Waals surface area (Å²) in [5.41, 5.74) is 0.742. The van der Waals surface area contributed by atoms with Crippen molar-refractivity contribution in [3.8, 4) is 0 Å². The quantitative estimate of drug-likeness (QED) is 0.548. The molecule has 4 N–H and O–H groups in total. The molecule has 24 heavy (non-hydrogen) atoms. The van der Waals surface area contributed by atoms with E-state index in [-0.39, 0.29) is 6.42 Å². The van der Waals surface area contributed by atoms with Crippen molar-refractivity contribution in [1.29, 1.82) is 0 Å². The molecular formula is C16H22N2O6. The average Bonchev–Trinajstić information content (AvgIpc) is 2.51. The van der Waals surface area contributed by atoms with Crippen molar-refractivity contribution < 1.29 is 29.7 Å². The zero-order chi connectivity index (χ0) is 18.3. The van der Waals surface area contributed by atoms with E-state index in [9.17, 15) is 24.6 Å². The fourth-order valence-electron chi connectivity index (χ4n) is 2.07. The van der Waals surface area contributed by atoms with Crippen molar-refractivity contribution in [1.82, 2.24) is 10.2 Å². The van der Waals surface area contributed by atoms with Gasteiger partial charge in [0, 0.05) is 12.5 Å². The number of carbonyl (C=O) groups is 3. The summed E-state index contributed by atoms with van der Waals surface area (Å²) in [5, 5.41) is 29.9. The number of hydrogen-bond acceptors (Lipinski definition) is 4. The number of carboxylic acid groups (broad SMARTS) is 2. The van der Waals surface area contributed by atoms with E-state index in [0.29, 0.717) is 0 Å². The molecule has 1 aromatic rings. The Morgan fingerprint density at radius 3 is 2.12 bits per heavy atom. The van der Waals surface area contributed by atoms with Crippen LogP contribution in [0.25, 0.3) is 0 Å². The number of benzene rings is 1. The SMILES string of the molecule is CC(C)N(CC(O)C(=O)O)C(=O)N[C@@H](Cc1ccccc1)C(=O)O. The van der Waals surface area contributed by atoms with E-state index in [1.54, 1.807) is 44.2 Å². The number of aliphatic hydroxyl groups is 1. The second-order valence-corrected chi connectivity index (χ2v) is 5.63. The van der Waals surface area contributed by atoms with Crippen LogP contribution < -0.4 is 5.32 Å². The normalized spacial score (nSPS) is 13.2. The molecule has 0 bridgehead atoms. The largest absolute Gasteiger partial charge is 0.480 e. The highest BCUT2D eigenvalue weighted by molar-refractivity contribution is 5.83. The second-order valence-electron chi connectivity index (χ2n) is 5.63. The number of aliphatic hydroxyl groups excluding tert-OH is 1. The minimum Gasteiger partial charge on any atom is -0.480 e.